The largest absolute Gasteiger partial charge is 0.511 e. The fraction of sp³-hybridized carbons (Fsp3) is 0.400. The van der Waals surface area contributed by atoms with Gasteiger partial charge in [-0.3, -0.25) is 4.99 Å². The van der Waals surface area contributed by atoms with E-state index in [9.17, 15) is 0 Å². The molecular weight excluding hydrogens is 90.1 g/mol. The molecule has 0 heterocycles. The van der Waals surface area contributed by atoms with E-state index in [2.05, 4.69) is 4.99 Å². The standard InChI is InChI=1S/C5H9NO/c1-3-6-4-5(2)7/h3-4,7H,1-2H3/b5-4+,6-3?. The molecule has 0 unspecified atom stereocenters. The maximum absolute atomic E-state index is 8.43. The second kappa shape index (κ2) is 3.40. The van der Waals surface area contributed by atoms with Crippen LogP contribution in [0.5, 0.6) is 0 Å². The maximum Gasteiger partial charge on any atom is 0.107 e. The van der Waals surface area contributed by atoms with Crippen LogP contribution in [-0.4, -0.2) is 11.3 Å². The van der Waals surface area contributed by atoms with Gasteiger partial charge in [-0.15, -0.1) is 0 Å². The number of hydrogen-bond donors (Lipinski definition) is 1. The van der Waals surface area contributed by atoms with Crippen molar-refractivity contribution in [1.82, 2.24) is 0 Å². The number of allylic oxidation sites excluding steroid dienone is 1. The Morgan fingerprint density at radius 3 is 2.43 bits per heavy atom. The first kappa shape index (κ1) is 6.21. The molecule has 40 valence electrons. The zero-order chi connectivity index (χ0) is 5.70. The highest BCUT2D eigenvalue weighted by atomic mass is 16.3. The van der Waals surface area contributed by atoms with Crippen LogP contribution in [0.2, 0.25) is 0 Å². The molecule has 0 spiro atoms. The molecule has 0 bridgehead atoms. The molecule has 2 nitrogen and oxygen atoms in total. The first-order chi connectivity index (χ1) is 3.27. The Bertz CT molecular complexity index is 90.3. The molecule has 0 aromatic rings. The zero-order valence-electron chi connectivity index (χ0n) is 4.55. The SMILES string of the molecule is CC=N/C=C(\C)O. The molecule has 0 saturated heterocycles. The monoisotopic (exact) mass is 99.1 g/mol. The van der Waals surface area contributed by atoms with Gasteiger partial charge in [0, 0.05) is 6.21 Å². The third-order valence-corrected chi connectivity index (χ3v) is 0.410. The van der Waals surface area contributed by atoms with Crippen LogP contribution in [0.15, 0.2) is 17.0 Å². The van der Waals surface area contributed by atoms with E-state index in [0.717, 1.165) is 0 Å². The molecule has 0 radical (unpaired) electrons. The maximum atomic E-state index is 8.43. The lowest BCUT2D eigenvalue weighted by molar-refractivity contribution is 0.412. The van der Waals surface area contributed by atoms with E-state index >= 15 is 0 Å². The van der Waals surface area contributed by atoms with Crippen LogP contribution in [-0.2, 0) is 0 Å². The van der Waals surface area contributed by atoms with Crippen molar-refractivity contribution < 1.29 is 5.11 Å². The summed E-state index contributed by atoms with van der Waals surface area (Å²) in [6.45, 7) is 3.37. The molecule has 0 aliphatic heterocycles. The van der Waals surface area contributed by atoms with Crippen LogP contribution < -0.4 is 0 Å². The highest BCUT2D eigenvalue weighted by Gasteiger charge is 1.69. The Kier molecular flexibility index (Phi) is 3.02. The molecule has 0 fully saturated rings. The van der Waals surface area contributed by atoms with Crippen molar-refractivity contribution in [2.24, 2.45) is 4.99 Å². The number of rotatable bonds is 1. The second-order valence-electron chi connectivity index (χ2n) is 1.18. The third kappa shape index (κ3) is 5.21. The van der Waals surface area contributed by atoms with E-state index in [0.29, 0.717) is 0 Å². The summed E-state index contributed by atoms with van der Waals surface area (Å²) in [6.07, 6.45) is 3.00. The Hall–Kier alpha value is -0.790. The molecular formula is C5H9NO. The van der Waals surface area contributed by atoms with Gasteiger partial charge >= 0.3 is 0 Å². The van der Waals surface area contributed by atoms with Gasteiger partial charge in [0.05, 0.1) is 6.20 Å². The first-order valence-corrected chi connectivity index (χ1v) is 2.11. The lowest BCUT2D eigenvalue weighted by atomic mass is 10.6. The van der Waals surface area contributed by atoms with Crippen LogP contribution in [0.25, 0.3) is 0 Å². The summed E-state index contributed by atoms with van der Waals surface area (Å²) in [5, 5.41) is 8.43. The van der Waals surface area contributed by atoms with Gasteiger partial charge in [-0.1, -0.05) is 0 Å². The van der Waals surface area contributed by atoms with Crippen molar-refractivity contribution in [1.29, 1.82) is 0 Å². The van der Waals surface area contributed by atoms with E-state index in [1.54, 1.807) is 20.1 Å². The van der Waals surface area contributed by atoms with Gasteiger partial charge in [0.2, 0.25) is 0 Å². The van der Waals surface area contributed by atoms with Crippen molar-refractivity contribution in [3.8, 4) is 0 Å². The molecule has 2 heteroatoms. The number of aliphatic imine (C=N–C) groups is 1. The van der Waals surface area contributed by atoms with Gasteiger partial charge < -0.3 is 5.11 Å². The van der Waals surface area contributed by atoms with Crippen LogP contribution >= 0.6 is 0 Å². The summed E-state index contributed by atoms with van der Waals surface area (Å²) >= 11 is 0. The van der Waals surface area contributed by atoms with E-state index in [-0.39, 0.29) is 5.76 Å². The minimum atomic E-state index is 0.234. The molecule has 7 heavy (non-hydrogen) atoms. The Balaban J connectivity index is 3.46. The molecule has 0 amide bonds. The van der Waals surface area contributed by atoms with Crippen molar-refractivity contribution in [2.45, 2.75) is 13.8 Å². The summed E-state index contributed by atoms with van der Waals surface area (Å²) in [5.74, 6) is 0.234. The third-order valence-electron chi connectivity index (χ3n) is 0.410. The normalized spacial score (nSPS) is 13.1. The summed E-state index contributed by atoms with van der Waals surface area (Å²) in [6, 6.07) is 0. The molecule has 0 saturated carbocycles. The molecule has 0 aromatic heterocycles. The number of hydrogen-bond acceptors (Lipinski definition) is 2. The van der Waals surface area contributed by atoms with Crippen molar-refractivity contribution in [3.63, 3.8) is 0 Å². The number of aliphatic hydroxyl groups is 1. The summed E-state index contributed by atoms with van der Waals surface area (Å²) in [5.41, 5.74) is 0. The van der Waals surface area contributed by atoms with Gasteiger partial charge in [-0.25, -0.2) is 0 Å². The van der Waals surface area contributed by atoms with Crippen molar-refractivity contribution in [3.05, 3.63) is 12.0 Å². The Labute approximate surface area is 43.2 Å². The average molecular weight is 99.1 g/mol. The Morgan fingerprint density at radius 1 is 1.71 bits per heavy atom. The molecule has 1 N–H and O–H groups in total. The van der Waals surface area contributed by atoms with Crippen LogP contribution in [0.1, 0.15) is 13.8 Å². The number of nitrogens with zero attached hydrogens (tertiary/aromatic N) is 1. The fourth-order valence-corrected chi connectivity index (χ4v) is 0.182. The highest BCUT2D eigenvalue weighted by Crippen LogP contribution is 1.81. The second-order valence-corrected chi connectivity index (χ2v) is 1.18. The minimum Gasteiger partial charge on any atom is -0.511 e. The van der Waals surface area contributed by atoms with Gasteiger partial charge in [-0.2, -0.15) is 0 Å². The summed E-state index contributed by atoms with van der Waals surface area (Å²) in [4.78, 5) is 3.63. The first-order valence-electron chi connectivity index (χ1n) is 2.11. The Morgan fingerprint density at radius 2 is 2.29 bits per heavy atom. The molecule has 0 atom stereocenters. The quantitative estimate of drug-likeness (QED) is 0.392. The predicted molar refractivity (Wildman–Crippen MR) is 30.6 cm³/mol. The average Bonchev–Trinajstić information content (AvgIpc) is 1.61. The van der Waals surface area contributed by atoms with Crippen LogP contribution in [0.4, 0.5) is 0 Å². The van der Waals surface area contributed by atoms with Crippen LogP contribution in [0.3, 0.4) is 0 Å². The molecule has 0 rings (SSSR count). The highest BCUT2D eigenvalue weighted by molar-refractivity contribution is 5.54. The van der Waals surface area contributed by atoms with E-state index in [1.807, 2.05) is 0 Å². The van der Waals surface area contributed by atoms with Gasteiger partial charge in [0.1, 0.15) is 5.76 Å². The van der Waals surface area contributed by atoms with Gasteiger partial charge in [0.15, 0.2) is 0 Å². The zero-order valence-corrected chi connectivity index (χ0v) is 4.55. The van der Waals surface area contributed by atoms with E-state index < -0.39 is 0 Å². The van der Waals surface area contributed by atoms with Gasteiger partial charge in [0.25, 0.3) is 0 Å². The lowest BCUT2D eigenvalue weighted by Gasteiger charge is -1.78. The van der Waals surface area contributed by atoms with Crippen molar-refractivity contribution >= 4 is 6.21 Å². The topological polar surface area (TPSA) is 32.6 Å². The molecule has 0 aliphatic carbocycles. The number of aliphatic hydroxyl groups excluding tert-OH is 1. The minimum absolute atomic E-state index is 0.234. The summed E-state index contributed by atoms with van der Waals surface area (Å²) < 4.78 is 0. The van der Waals surface area contributed by atoms with Gasteiger partial charge in [-0.05, 0) is 13.8 Å². The van der Waals surface area contributed by atoms with E-state index in [4.69, 9.17) is 5.11 Å². The summed E-state index contributed by atoms with van der Waals surface area (Å²) in [7, 11) is 0. The van der Waals surface area contributed by atoms with Crippen molar-refractivity contribution in [2.75, 3.05) is 0 Å². The lowest BCUT2D eigenvalue weighted by Crippen LogP contribution is -1.65. The molecule has 0 aliphatic rings. The van der Waals surface area contributed by atoms with E-state index in [1.165, 1.54) is 6.20 Å². The molecule has 0 aromatic carbocycles. The smallest absolute Gasteiger partial charge is 0.107 e. The predicted octanol–water partition coefficient (Wildman–Crippen LogP) is 1.50. The fourth-order valence-electron chi connectivity index (χ4n) is 0.182. The van der Waals surface area contributed by atoms with Crippen LogP contribution in [0, 0.1) is 0 Å².